The van der Waals surface area contributed by atoms with Crippen LogP contribution in [0.15, 0.2) is 18.2 Å². The Labute approximate surface area is 113 Å². The van der Waals surface area contributed by atoms with E-state index in [4.69, 9.17) is 10.5 Å². The smallest absolute Gasteiger partial charge is 0.262 e. The second-order valence-electron chi connectivity index (χ2n) is 4.84. The number of rotatable bonds is 5. The van der Waals surface area contributed by atoms with E-state index in [9.17, 15) is 4.79 Å². The zero-order chi connectivity index (χ0) is 13.8. The Kier molecular flexibility index (Phi) is 4.39. The summed E-state index contributed by atoms with van der Waals surface area (Å²) in [6, 6.07) is 5.70. The molecular formula is C14H21N3O2. The minimum absolute atomic E-state index is 0.0541. The van der Waals surface area contributed by atoms with Gasteiger partial charge in [-0.1, -0.05) is 19.4 Å². The molecule has 1 amide bonds. The summed E-state index contributed by atoms with van der Waals surface area (Å²) in [5.41, 5.74) is 8.04. The van der Waals surface area contributed by atoms with Crippen LogP contribution in [-0.2, 0) is 4.79 Å². The first-order valence-corrected chi connectivity index (χ1v) is 6.62. The van der Waals surface area contributed by atoms with Crippen LogP contribution in [-0.4, -0.2) is 26.1 Å². The van der Waals surface area contributed by atoms with E-state index in [1.807, 2.05) is 25.2 Å². The van der Waals surface area contributed by atoms with Crippen molar-refractivity contribution < 1.29 is 9.53 Å². The Morgan fingerprint density at radius 3 is 3.00 bits per heavy atom. The molecule has 1 aromatic carbocycles. The fraction of sp³-hybridized carbons (Fsp3) is 0.500. The van der Waals surface area contributed by atoms with Gasteiger partial charge in [0.2, 0.25) is 0 Å². The molecule has 1 aliphatic rings. The first-order valence-electron chi connectivity index (χ1n) is 6.62. The Bertz CT molecular complexity index is 462. The van der Waals surface area contributed by atoms with Gasteiger partial charge in [-0.2, -0.15) is 0 Å². The molecule has 0 spiro atoms. The predicted molar refractivity (Wildman–Crippen MR) is 75.2 cm³/mol. The van der Waals surface area contributed by atoms with Gasteiger partial charge in [0.25, 0.3) is 5.91 Å². The molecule has 0 aliphatic carbocycles. The second-order valence-corrected chi connectivity index (χ2v) is 4.84. The van der Waals surface area contributed by atoms with Gasteiger partial charge in [0, 0.05) is 6.04 Å². The molecule has 1 aliphatic heterocycles. The van der Waals surface area contributed by atoms with Crippen molar-refractivity contribution in [3.05, 3.63) is 23.8 Å². The van der Waals surface area contributed by atoms with Gasteiger partial charge in [0.1, 0.15) is 5.75 Å². The molecule has 2 rings (SSSR count). The van der Waals surface area contributed by atoms with Gasteiger partial charge < -0.3 is 21.1 Å². The summed E-state index contributed by atoms with van der Waals surface area (Å²) < 4.78 is 5.34. The van der Waals surface area contributed by atoms with Crippen molar-refractivity contribution in [3.63, 3.8) is 0 Å². The molecule has 19 heavy (non-hydrogen) atoms. The monoisotopic (exact) mass is 263 g/mol. The highest BCUT2D eigenvalue weighted by atomic mass is 16.5. The highest BCUT2D eigenvalue weighted by Crippen LogP contribution is 2.32. The van der Waals surface area contributed by atoms with Gasteiger partial charge in [-0.3, -0.25) is 4.79 Å². The number of hydrogen-bond acceptors (Lipinski definition) is 4. The number of anilines is 1. The van der Waals surface area contributed by atoms with E-state index in [0.29, 0.717) is 17.4 Å². The van der Waals surface area contributed by atoms with Crippen molar-refractivity contribution in [3.8, 4) is 5.75 Å². The summed E-state index contributed by atoms with van der Waals surface area (Å²) in [6.07, 6.45) is 1.00. The second kappa shape index (κ2) is 6.04. The molecule has 0 aromatic heterocycles. The van der Waals surface area contributed by atoms with Crippen LogP contribution >= 0.6 is 0 Å². The Morgan fingerprint density at radius 2 is 2.32 bits per heavy atom. The minimum atomic E-state index is -0.125. The summed E-state index contributed by atoms with van der Waals surface area (Å²) in [5, 5.41) is 5.97. The molecule has 1 aromatic rings. The normalized spacial score (nSPS) is 17.1. The number of nitrogens with two attached hydrogens (primary N) is 1. The number of amides is 1. The lowest BCUT2D eigenvalue weighted by atomic mass is 9.91. The molecule has 0 saturated carbocycles. The zero-order valence-electron chi connectivity index (χ0n) is 11.4. The van der Waals surface area contributed by atoms with Crippen molar-refractivity contribution in [1.29, 1.82) is 0 Å². The quantitative estimate of drug-likeness (QED) is 0.747. The van der Waals surface area contributed by atoms with E-state index in [1.54, 1.807) is 0 Å². The molecule has 5 nitrogen and oxygen atoms in total. The lowest BCUT2D eigenvalue weighted by Gasteiger charge is -2.25. The summed E-state index contributed by atoms with van der Waals surface area (Å²) in [7, 11) is 1.93. The van der Waals surface area contributed by atoms with Crippen molar-refractivity contribution >= 4 is 11.6 Å². The van der Waals surface area contributed by atoms with Gasteiger partial charge in [0.05, 0.1) is 5.69 Å². The van der Waals surface area contributed by atoms with Crippen molar-refractivity contribution in [2.75, 3.05) is 25.5 Å². The highest BCUT2D eigenvalue weighted by Gasteiger charge is 2.21. The zero-order valence-corrected chi connectivity index (χ0v) is 11.4. The Hall–Kier alpha value is -1.59. The van der Waals surface area contributed by atoms with Crippen LogP contribution in [0.2, 0.25) is 0 Å². The molecule has 2 unspecified atom stereocenters. The summed E-state index contributed by atoms with van der Waals surface area (Å²) >= 11 is 0. The molecule has 104 valence electrons. The third-order valence-corrected chi connectivity index (χ3v) is 3.52. The first kappa shape index (κ1) is 13.8. The van der Waals surface area contributed by atoms with E-state index in [-0.39, 0.29) is 18.6 Å². The maximum atomic E-state index is 11.3. The highest BCUT2D eigenvalue weighted by molar-refractivity contribution is 5.95. The molecule has 0 bridgehead atoms. The number of carbonyl (C=O) groups is 1. The van der Waals surface area contributed by atoms with Crippen molar-refractivity contribution in [2.45, 2.75) is 19.4 Å². The topological polar surface area (TPSA) is 76.4 Å². The molecule has 2 atom stereocenters. The Morgan fingerprint density at radius 1 is 1.53 bits per heavy atom. The molecule has 1 heterocycles. The van der Waals surface area contributed by atoms with Gasteiger partial charge >= 0.3 is 0 Å². The van der Waals surface area contributed by atoms with Gasteiger partial charge in [-0.05, 0) is 37.2 Å². The van der Waals surface area contributed by atoms with Crippen molar-refractivity contribution in [1.82, 2.24) is 5.32 Å². The van der Waals surface area contributed by atoms with E-state index >= 15 is 0 Å². The summed E-state index contributed by atoms with van der Waals surface area (Å²) in [4.78, 5) is 11.3. The van der Waals surface area contributed by atoms with Gasteiger partial charge in [-0.15, -0.1) is 0 Å². The van der Waals surface area contributed by atoms with Crippen LogP contribution in [0, 0.1) is 5.92 Å². The third kappa shape index (κ3) is 3.05. The van der Waals surface area contributed by atoms with Crippen LogP contribution < -0.4 is 21.1 Å². The molecule has 0 saturated heterocycles. The number of fused-ring (bicyclic) bond motifs is 1. The lowest BCUT2D eigenvalue weighted by molar-refractivity contribution is -0.118. The molecule has 0 radical (unpaired) electrons. The molecule has 5 heteroatoms. The van der Waals surface area contributed by atoms with E-state index < -0.39 is 0 Å². The van der Waals surface area contributed by atoms with Crippen molar-refractivity contribution in [2.24, 2.45) is 11.7 Å². The lowest BCUT2D eigenvalue weighted by Crippen LogP contribution is -2.30. The number of ether oxygens (including phenoxy) is 1. The Balaban J connectivity index is 2.20. The first-order chi connectivity index (χ1) is 9.15. The standard InChI is InChI=1S/C14H21N3O2/c1-3-9(7-16-2)14(15)10-4-5-12-11(6-10)17-13(18)8-19-12/h4-6,9,14,16H,3,7-8,15H2,1-2H3,(H,17,18). The van der Waals surface area contributed by atoms with Crippen LogP contribution in [0.5, 0.6) is 5.75 Å². The van der Waals surface area contributed by atoms with E-state index in [1.165, 1.54) is 0 Å². The predicted octanol–water partition coefficient (Wildman–Crippen LogP) is 1.26. The maximum absolute atomic E-state index is 11.3. The number of carbonyl (C=O) groups excluding carboxylic acids is 1. The SMILES string of the molecule is CCC(CNC)C(N)c1ccc2c(c1)NC(=O)CO2. The van der Waals surface area contributed by atoms with Crippen LogP contribution in [0.25, 0.3) is 0 Å². The molecule has 4 N–H and O–H groups in total. The average molecular weight is 263 g/mol. The fourth-order valence-corrected chi connectivity index (χ4v) is 2.37. The molecule has 0 fully saturated rings. The number of nitrogens with one attached hydrogen (secondary N) is 2. The van der Waals surface area contributed by atoms with Crippen LogP contribution in [0.3, 0.4) is 0 Å². The number of benzene rings is 1. The van der Waals surface area contributed by atoms with Crippen LogP contribution in [0.4, 0.5) is 5.69 Å². The number of hydrogen-bond donors (Lipinski definition) is 3. The minimum Gasteiger partial charge on any atom is -0.482 e. The van der Waals surface area contributed by atoms with E-state index in [0.717, 1.165) is 18.5 Å². The summed E-state index contributed by atoms with van der Waals surface area (Å²) in [6.45, 7) is 3.08. The van der Waals surface area contributed by atoms with Crippen LogP contribution in [0.1, 0.15) is 24.9 Å². The maximum Gasteiger partial charge on any atom is 0.262 e. The average Bonchev–Trinajstić information content (AvgIpc) is 2.43. The summed E-state index contributed by atoms with van der Waals surface area (Å²) in [5.74, 6) is 0.945. The van der Waals surface area contributed by atoms with Gasteiger partial charge in [-0.25, -0.2) is 0 Å². The van der Waals surface area contributed by atoms with E-state index in [2.05, 4.69) is 17.6 Å². The fourth-order valence-electron chi connectivity index (χ4n) is 2.37. The molecular weight excluding hydrogens is 242 g/mol. The van der Waals surface area contributed by atoms with Gasteiger partial charge in [0.15, 0.2) is 6.61 Å². The third-order valence-electron chi connectivity index (χ3n) is 3.52. The largest absolute Gasteiger partial charge is 0.482 e.